The fourth-order valence-electron chi connectivity index (χ4n) is 3.60. The van der Waals surface area contributed by atoms with Crippen LogP contribution in [0.4, 0.5) is 0 Å². The minimum Gasteiger partial charge on any atom is -0.338 e. The third-order valence-corrected chi connectivity index (χ3v) is 4.97. The molecule has 108 valence electrons. The Labute approximate surface area is 117 Å². The highest BCUT2D eigenvalue weighted by Gasteiger charge is 2.40. The lowest BCUT2D eigenvalue weighted by atomic mass is 9.81. The molecule has 1 aromatic rings. The molecule has 1 aromatic heterocycles. The summed E-state index contributed by atoms with van der Waals surface area (Å²) in [7, 11) is 2.05. The van der Waals surface area contributed by atoms with E-state index in [1.807, 2.05) is 19.4 Å². The van der Waals surface area contributed by atoms with Gasteiger partial charge in [-0.2, -0.15) is 0 Å². The monoisotopic (exact) mass is 264 g/mol. The molecule has 0 bridgehead atoms. The van der Waals surface area contributed by atoms with Crippen LogP contribution in [0.1, 0.15) is 45.4 Å². The smallest absolute Gasteiger partial charge is 0.109 e. The van der Waals surface area contributed by atoms with Gasteiger partial charge in [-0.05, 0) is 38.8 Å². The number of hydrogen-bond donors (Lipinski definition) is 1. The Hall–Kier alpha value is -0.870. The molecule has 1 saturated heterocycles. The Balaban J connectivity index is 2.15. The van der Waals surface area contributed by atoms with Crippen LogP contribution in [0.5, 0.6) is 0 Å². The predicted octanol–water partition coefficient (Wildman–Crippen LogP) is 1.94. The van der Waals surface area contributed by atoms with Gasteiger partial charge in [-0.15, -0.1) is 0 Å². The topological polar surface area (TPSA) is 47.1 Å². The fourth-order valence-corrected chi connectivity index (χ4v) is 3.60. The summed E-state index contributed by atoms with van der Waals surface area (Å²) < 4.78 is 2.08. The van der Waals surface area contributed by atoms with Crippen molar-refractivity contribution in [3.8, 4) is 0 Å². The van der Waals surface area contributed by atoms with Gasteiger partial charge in [0.25, 0.3) is 0 Å². The zero-order chi connectivity index (χ0) is 13.9. The van der Waals surface area contributed by atoms with Crippen molar-refractivity contribution in [1.82, 2.24) is 14.5 Å². The molecule has 0 aromatic carbocycles. The minimum atomic E-state index is 0.141. The number of likely N-dealkylation sites (tertiary alicyclic amines) is 1. The first-order valence-electron chi connectivity index (χ1n) is 7.61. The van der Waals surface area contributed by atoms with Crippen molar-refractivity contribution in [2.24, 2.45) is 12.8 Å². The summed E-state index contributed by atoms with van der Waals surface area (Å²) in [5.74, 6) is 1.10. The summed E-state index contributed by atoms with van der Waals surface area (Å²) in [6.45, 7) is 6.96. The molecule has 1 unspecified atom stereocenters. The SMILES string of the molecule is CCC(CC)(C(N)Cc1nccn1C)N1CCCC1. The van der Waals surface area contributed by atoms with Gasteiger partial charge in [0.2, 0.25) is 0 Å². The molecule has 1 aliphatic rings. The second kappa shape index (κ2) is 6.06. The molecule has 19 heavy (non-hydrogen) atoms. The van der Waals surface area contributed by atoms with Crippen molar-refractivity contribution < 1.29 is 0 Å². The van der Waals surface area contributed by atoms with Gasteiger partial charge in [-0.3, -0.25) is 4.90 Å². The van der Waals surface area contributed by atoms with Crippen LogP contribution in [-0.2, 0) is 13.5 Å². The van der Waals surface area contributed by atoms with E-state index < -0.39 is 0 Å². The lowest BCUT2D eigenvalue weighted by Gasteiger charge is -2.45. The van der Waals surface area contributed by atoms with Crippen LogP contribution in [0.25, 0.3) is 0 Å². The van der Waals surface area contributed by atoms with Crippen LogP contribution in [0.15, 0.2) is 12.4 Å². The number of nitrogens with zero attached hydrogens (tertiary/aromatic N) is 3. The van der Waals surface area contributed by atoms with Gasteiger partial charge in [0, 0.05) is 37.4 Å². The van der Waals surface area contributed by atoms with E-state index in [4.69, 9.17) is 5.73 Å². The van der Waals surface area contributed by atoms with Crippen LogP contribution in [0.2, 0.25) is 0 Å². The summed E-state index contributed by atoms with van der Waals surface area (Å²) in [6, 6.07) is 0.154. The second-order valence-electron chi connectivity index (χ2n) is 5.77. The maximum atomic E-state index is 6.62. The normalized spacial score (nSPS) is 18.9. The molecule has 4 heteroatoms. The van der Waals surface area contributed by atoms with Gasteiger partial charge in [0.15, 0.2) is 0 Å². The summed E-state index contributed by atoms with van der Waals surface area (Å²) in [5, 5.41) is 0. The predicted molar refractivity (Wildman–Crippen MR) is 79.0 cm³/mol. The second-order valence-corrected chi connectivity index (χ2v) is 5.77. The van der Waals surface area contributed by atoms with Gasteiger partial charge in [-0.1, -0.05) is 13.8 Å². The van der Waals surface area contributed by atoms with Crippen molar-refractivity contribution in [3.63, 3.8) is 0 Å². The van der Waals surface area contributed by atoms with E-state index in [1.54, 1.807) is 0 Å². The van der Waals surface area contributed by atoms with E-state index >= 15 is 0 Å². The van der Waals surface area contributed by atoms with Gasteiger partial charge in [-0.25, -0.2) is 4.98 Å². The Bertz CT molecular complexity index is 389. The summed E-state index contributed by atoms with van der Waals surface area (Å²) in [6.07, 6.45) is 9.59. The Kier molecular flexibility index (Phi) is 4.63. The quantitative estimate of drug-likeness (QED) is 0.854. The van der Waals surface area contributed by atoms with Crippen molar-refractivity contribution >= 4 is 0 Å². The molecule has 4 nitrogen and oxygen atoms in total. The van der Waals surface area contributed by atoms with Crippen LogP contribution in [0, 0.1) is 0 Å². The molecule has 0 amide bonds. The molecule has 2 rings (SSSR count). The van der Waals surface area contributed by atoms with E-state index in [9.17, 15) is 0 Å². The molecule has 1 aliphatic heterocycles. The Morgan fingerprint density at radius 3 is 2.42 bits per heavy atom. The zero-order valence-corrected chi connectivity index (χ0v) is 12.6. The first-order valence-corrected chi connectivity index (χ1v) is 7.61. The lowest BCUT2D eigenvalue weighted by Crippen LogP contribution is -2.59. The third-order valence-electron chi connectivity index (χ3n) is 4.97. The molecular weight excluding hydrogens is 236 g/mol. The van der Waals surface area contributed by atoms with Gasteiger partial charge < -0.3 is 10.3 Å². The highest BCUT2D eigenvalue weighted by atomic mass is 15.2. The summed E-state index contributed by atoms with van der Waals surface area (Å²) in [4.78, 5) is 7.05. The van der Waals surface area contributed by atoms with Crippen LogP contribution >= 0.6 is 0 Å². The number of nitrogens with two attached hydrogens (primary N) is 1. The third kappa shape index (κ3) is 2.70. The van der Waals surface area contributed by atoms with E-state index in [0.717, 1.165) is 25.1 Å². The molecule has 2 N–H and O–H groups in total. The van der Waals surface area contributed by atoms with E-state index in [2.05, 4.69) is 28.3 Å². The van der Waals surface area contributed by atoms with Crippen molar-refractivity contribution in [2.75, 3.05) is 13.1 Å². The average Bonchev–Trinajstić information content (AvgIpc) is 3.05. The maximum absolute atomic E-state index is 6.62. The van der Waals surface area contributed by atoms with Gasteiger partial charge in [0.05, 0.1) is 0 Å². The number of imidazole rings is 1. The van der Waals surface area contributed by atoms with Crippen molar-refractivity contribution in [3.05, 3.63) is 18.2 Å². The average molecular weight is 264 g/mol. The Morgan fingerprint density at radius 2 is 1.95 bits per heavy atom. The molecule has 1 atom stereocenters. The van der Waals surface area contributed by atoms with E-state index in [1.165, 1.54) is 25.9 Å². The largest absolute Gasteiger partial charge is 0.338 e. The summed E-state index contributed by atoms with van der Waals surface area (Å²) in [5.41, 5.74) is 6.76. The molecule has 0 aliphatic carbocycles. The van der Waals surface area contributed by atoms with Crippen molar-refractivity contribution in [2.45, 2.75) is 57.5 Å². The first-order chi connectivity index (χ1) is 9.14. The van der Waals surface area contributed by atoms with Crippen LogP contribution < -0.4 is 5.73 Å². The molecule has 0 saturated carbocycles. The van der Waals surface area contributed by atoms with E-state index in [0.29, 0.717) is 0 Å². The standard InChI is InChI=1S/C15H28N4/c1-4-15(5-2,19-9-6-7-10-19)13(16)12-14-17-8-11-18(14)3/h8,11,13H,4-7,9-10,12,16H2,1-3H3. The highest BCUT2D eigenvalue weighted by molar-refractivity contribution is 5.04. The number of aryl methyl sites for hydroxylation is 1. The van der Waals surface area contributed by atoms with Crippen molar-refractivity contribution in [1.29, 1.82) is 0 Å². The first kappa shape index (κ1) is 14.5. The summed E-state index contributed by atoms with van der Waals surface area (Å²) >= 11 is 0. The van der Waals surface area contributed by atoms with Crippen LogP contribution in [0.3, 0.4) is 0 Å². The zero-order valence-electron chi connectivity index (χ0n) is 12.6. The van der Waals surface area contributed by atoms with Crippen LogP contribution in [-0.4, -0.2) is 39.1 Å². The highest BCUT2D eigenvalue weighted by Crippen LogP contribution is 2.31. The number of rotatable bonds is 6. The molecule has 0 spiro atoms. The lowest BCUT2D eigenvalue weighted by molar-refractivity contribution is 0.0759. The van der Waals surface area contributed by atoms with Gasteiger partial charge >= 0.3 is 0 Å². The Morgan fingerprint density at radius 1 is 1.32 bits per heavy atom. The maximum Gasteiger partial charge on any atom is 0.109 e. The van der Waals surface area contributed by atoms with E-state index in [-0.39, 0.29) is 11.6 Å². The molecule has 1 fully saturated rings. The molecule has 0 radical (unpaired) electrons. The number of hydrogen-bond acceptors (Lipinski definition) is 3. The minimum absolute atomic E-state index is 0.141. The molecule has 2 heterocycles. The number of aromatic nitrogens is 2. The van der Waals surface area contributed by atoms with Gasteiger partial charge in [0.1, 0.15) is 5.82 Å². The molecular formula is C15H28N4. The fraction of sp³-hybridized carbons (Fsp3) is 0.800.